The second kappa shape index (κ2) is 10.7. The zero-order valence-corrected chi connectivity index (χ0v) is 15.4. The van der Waals surface area contributed by atoms with Crippen molar-refractivity contribution in [2.24, 2.45) is 5.92 Å². The zero-order chi connectivity index (χ0) is 18.8. The molecule has 0 aliphatic heterocycles. The van der Waals surface area contributed by atoms with Crippen LogP contribution in [0.15, 0.2) is 24.3 Å². The van der Waals surface area contributed by atoms with Crippen molar-refractivity contribution in [2.75, 3.05) is 13.2 Å². The Hall–Kier alpha value is -2.24. The number of nitrogens with one attached hydrogen (secondary N) is 1. The van der Waals surface area contributed by atoms with E-state index in [1.165, 1.54) is 0 Å². The van der Waals surface area contributed by atoms with Gasteiger partial charge in [0.1, 0.15) is 0 Å². The second-order valence-corrected chi connectivity index (χ2v) is 6.59. The van der Waals surface area contributed by atoms with Crippen molar-refractivity contribution in [1.82, 2.24) is 5.32 Å². The van der Waals surface area contributed by atoms with Gasteiger partial charge in [0, 0.05) is 12.5 Å². The third-order valence-electron chi connectivity index (χ3n) is 4.63. The van der Waals surface area contributed by atoms with Crippen molar-refractivity contribution in [3.8, 4) is 11.5 Å². The number of hydrogen-bond donors (Lipinski definition) is 2. The summed E-state index contributed by atoms with van der Waals surface area (Å²) in [4.78, 5) is 23.6. The van der Waals surface area contributed by atoms with Crippen LogP contribution in [-0.2, 0) is 9.59 Å². The Morgan fingerprint density at radius 2 is 1.81 bits per heavy atom. The summed E-state index contributed by atoms with van der Waals surface area (Å²) in [6, 6.07) is 7.19. The van der Waals surface area contributed by atoms with Gasteiger partial charge in [-0.05, 0) is 38.3 Å². The van der Waals surface area contributed by atoms with Crippen molar-refractivity contribution in [3.63, 3.8) is 0 Å². The molecular weight excluding hydrogens is 334 g/mol. The van der Waals surface area contributed by atoms with Gasteiger partial charge in [0.2, 0.25) is 5.91 Å². The van der Waals surface area contributed by atoms with Crippen LogP contribution in [0.1, 0.15) is 51.9 Å². The van der Waals surface area contributed by atoms with E-state index in [1.54, 1.807) is 0 Å². The van der Waals surface area contributed by atoms with Gasteiger partial charge in [-0.25, -0.2) is 0 Å². The SMILES string of the molecule is CCOc1ccccc1OCCCC(=O)N[C@H]1CCCCC[C@H]1C(=O)O. The molecule has 0 heterocycles. The Labute approximate surface area is 154 Å². The molecule has 0 saturated heterocycles. The van der Waals surface area contributed by atoms with Crippen molar-refractivity contribution >= 4 is 11.9 Å². The Morgan fingerprint density at radius 3 is 2.50 bits per heavy atom. The molecule has 0 aromatic heterocycles. The summed E-state index contributed by atoms with van der Waals surface area (Å²) in [7, 11) is 0. The van der Waals surface area contributed by atoms with Crippen LogP contribution in [0.4, 0.5) is 0 Å². The van der Waals surface area contributed by atoms with Crippen LogP contribution >= 0.6 is 0 Å². The van der Waals surface area contributed by atoms with Gasteiger partial charge < -0.3 is 19.9 Å². The molecule has 2 rings (SSSR count). The molecule has 1 aliphatic carbocycles. The van der Waals surface area contributed by atoms with Crippen molar-refractivity contribution < 1.29 is 24.2 Å². The summed E-state index contributed by atoms with van der Waals surface area (Å²) in [6.07, 6.45) is 5.17. The van der Waals surface area contributed by atoms with Gasteiger partial charge in [-0.1, -0.05) is 31.4 Å². The maximum absolute atomic E-state index is 12.2. The average molecular weight is 363 g/mol. The van der Waals surface area contributed by atoms with Crippen LogP contribution in [0.5, 0.6) is 11.5 Å². The summed E-state index contributed by atoms with van der Waals surface area (Å²) < 4.78 is 11.2. The van der Waals surface area contributed by atoms with Crippen LogP contribution in [0, 0.1) is 5.92 Å². The predicted molar refractivity (Wildman–Crippen MR) is 98.5 cm³/mol. The highest BCUT2D eigenvalue weighted by Gasteiger charge is 2.30. The molecule has 1 saturated carbocycles. The maximum atomic E-state index is 12.2. The molecule has 1 aromatic carbocycles. The lowest BCUT2D eigenvalue weighted by atomic mass is 9.94. The van der Waals surface area contributed by atoms with Crippen LogP contribution in [0.3, 0.4) is 0 Å². The average Bonchev–Trinajstić information content (AvgIpc) is 2.86. The van der Waals surface area contributed by atoms with E-state index < -0.39 is 11.9 Å². The van der Waals surface area contributed by atoms with E-state index in [-0.39, 0.29) is 11.9 Å². The Bertz CT molecular complexity index is 589. The summed E-state index contributed by atoms with van der Waals surface area (Å²) >= 11 is 0. The zero-order valence-electron chi connectivity index (χ0n) is 15.4. The first-order chi connectivity index (χ1) is 12.6. The standard InChI is InChI=1S/C20H29NO5/c1-2-25-17-11-6-7-12-18(17)26-14-8-13-19(22)21-16-10-5-3-4-9-15(16)20(23)24/h6-7,11-12,15-16H,2-5,8-10,13-14H2,1H3,(H,21,22)(H,23,24)/t15-,16+/m1/s1. The number of rotatable bonds is 9. The molecule has 26 heavy (non-hydrogen) atoms. The highest BCUT2D eigenvalue weighted by molar-refractivity contribution is 5.78. The van der Waals surface area contributed by atoms with E-state index in [1.807, 2.05) is 31.2 Å². The molecule has 2 atom stereocenters. The smallest absolute Gasteiger partial charge is 0.308 e. The molecule has 0 bridgehead atoms. The fourth-order valence-corrected chi connectivity index (χ4v) is 3.31. The summed E-state index contributed by atoms with van der Waals surface area (Å²) in [5.41, 5.74) is 0. The minimum absolute atomic E-state index is 0.107. The fraction of sp³-hybridized carbons (Fsp3) is 0.600. The van der Waals surface area contributed by atoms with Crippen molar-refractivity contribution in [2.45, 2.75) is 57.9 Å². The summed E-state index contributed by atoms with van der Waals surface area (Å²) in [5.74, 6) is -0.0275. The minimum Gasteiger partial charge on any atom is -0.490 e. The van der Waals surface area contributed by atoms with Gasteiger partial charge in [-0.3, -0.25) is 9.59 Å². The fourth-order valence-electron chi connectivity index (χ4n) is 3.31. The van der Waals surface area contributed by atoms with Crippen molar-refractivity contribution in [3.05, 3.63) is 24.3 Å². The molecular formula is C20H29NO5. The molecule has 0 spiro atoms. The Morgan fingerprint density at radius 1 is 1.12 bits per heavy atom. The number of para-hydroxylation sites is 2. The van der Waals surface area contributed by atoms with Crippen LogP contribution in [0.2, 0.25) is 0 Å². The number of ether oxygens (including phenoxy) is 2. The number of carboxylic acid groups (broad SMARTS) is 1. The number of aliphatic carboxylic acids is 1. The highest BCUT2D eigenvalue weighted by atomic mass is 16.5. The largest absolute Gasteiger partial charge is 0.490 e. The highest BCUT2D eigenvalue weighted by Crippen LogP contribution is 2.26. The third kappa shape index (κ3) is 6.24. The summed E-state index contributed by atoms with van der Waals surface area (Å²) in [6.45, 7) is 2.89. The number of carbonyl (C=O) groups is 2. The maximum Gasteiger partial charge on any atom is 0.308 e. The van der Waals surface area contributed by atoms with Crippen molar-refractivity contribution in [1.29, 1.82) is 0 Å². The van der Waals surface area contributed by atoms with E-state index in [0.717, 1.165) is 25.7 Å². The van der Waals surface area contributed by atoms with Crippen LogP contribution in [-0.4, -0.2) is 36.2 Å². The number of amides is 1. The number of hydrogen-bond acceptors (Lipinski definition) is 4. The van der Waals surface area contributed by atoms with E-state index in [9.17, 15) is 14.7 Å². The van der Waals surface area contributed by atoms with E-state index in [4.69, 9.17) is 9.47 Å². The molecule has 2 N–H and O–H groups in total. The Balaban J connectivity index is 1.75. The van der Waals surface area contributed by atoms with Crippen LogP contribution < -0.4 is 14.8 Å². The third-order valence-corrected chi connectivity index (χ3v) is 4.63. The van der Waals surface area contributed by atoms with Gasteiger partial charge in [-0.2, -0.15) is 0 Å². The van der Waals surface area contributed by atoms with E-state index in [0.29, 0.717) is 44.0 Å². The number of carbonyl (C=O) groups excluding carboxylic acids is 1. The van der Waals surface area contributed by atoms with Gasteiger partial charge in [0.15, 0.2) is 11.5 Å². The van der Waals surface area contributed by atoms with Gasteiger partial charge in [-0.15, -0.1) is 0 Å². The Kier molecular flexibility index (Phi) is 8.25. The van der Waals surface area contributed by atoms with Gasteiger partial charge in [0.25, 0.3) is 0 Å². The molecule has 0 radical (unpaired) electrons. The van der Waals surface area contributed by atoms with Gasteiger partial charge >= 0.3 is 5.97 Å². The first-order valence-electron chi connectivity index (χ1n) is 9.48. The first-order valence-corrected chi connectivity index (χ1v) is 9.48. The monoisotopic (exact) mass is 363 g/mol. The molecule has 1 amide bonds. The first kappa shape index (κ1) is 20.1. The normalized spacial score (nSPS) is 20.0. The number of benzene rings is 1. The van der Waals surface area contributed by atoms with E-state index in [2.05, 4.69) is 5.32 Å². The summed E-state index contributed by atoms with van der Waals surface area (Å²) in [5, 5.41) is 12.3. The lowest BCUT2D eigenvalue weighted by Gasteiger charge is -2.22. The molecule has 6 heteroatoms. The quantitative estimate of drug-likeness (QED) is 0.519. The predicted octanol–water partition coefficient (Wildman–Crippen LogP) is 3.39. The molecule has 1 aliphatic rings. The lowest BCUT2D eigenvalue weighted by molar-refractivity contribution is -0.143. The molecule has 1 aromatic rings. The van der Waals surface area contributed by atoms with Crippen LogP contribution in [0.25, 0.3) is 0 Å². The molecule has 6 nitrogen and oxygen atoms in total. The topological polar surface area (TPSA) is 84.9 Å². The minimum atomic E-state index is -0.812. The second-order valence-electron chi connectivity index (χ2n) is 6.59. The van der Waals surface area contributed by atoms with E-state index >= 15 is 0 Å². The molecule has 1 fully saturated rings. The molecule has 144 valence electrons. The number of carboxylic acids is 1. The van der Waals surface area contributed by atoms with Gasteiger partial charge in [0.05, 0.1) is 19.1 Å². The molecule has 0 unspecified atom stereocenters. The lowest BCUT2D eigenvalue weighted by Crippen LogP contribution is -2.42.